The van der Waals surface area contributed by atoms with Gasteiger partial charge in [0.25, 0.3) is 0 Å². The minimum absolute atomic E-state index is 0.135. The van der Waals surface area contributed by atoms with E-state index in [4.69, 9.17) is 0 Å². The molecular weight excluding hydrogens is 247 g/mol. The summed E-state index contributed by atoms with van der Waals surface area (Å²) in [5.41, 5.74) is 0.911. The Kier molecular flexibility index (Phi) is 5.08. The molecule has 2 N–H and O–H groups in total. The fourth-order valence-electron chi connectivity index (χ4n) is 1.28. The Balaban J connectivity index is 2.31. The molecule has 0 saturated heterocycles. The molecular formula is C11H14F3N3O. The highest BCUT2D eigenvalue weighted by Crippen LogP contribution is 2.12. The molecule has 0 aliphatic carbocycles. The zero-order valence-corrected chi connectivity index (χ0v) is 9.79. The molecule has 0 unspecified atom stereocenters. The van der Waals surface area contributed by atoms with Gasteiger partial charge in [-0.15, -0.1) is 0 Å². The molecule has 100 valence electrons. The Morgan fingerprint density at radius 1 is 1.39 bits per heavy atom. The van der Waals surface area contributed by atoms with Crippen molar-refractivity contribution in [2.24, 2.45) is 0 Å². The van der Waals surface area contributed by atoms with E-state index < -0.39 is 18.6 Å². The summed E-state index contributed by atoms with van der Waals surface area (Å²) in [4.78, 5) is 15.0. The Hall–Kier alpha value is -1.63. The lowest BCUT2D eigenvalue weighted by Crippen LogP contribution is -2.39. The number of halogens is 3. The van der Waals surface area contributed by atoms with E-state index in [-0.39, 0.29) is 12.6 Å². The van der Waals surface area contributed by atoms with E-state index in [1.54, 1.807) is 29.8 Å². The maximum Gasteiger partial charge on any atom is 0.405 e. The van der Waals surface area contributed by atoms with Gasteiger partial charge in [-0.1, -0.05) is 0 Å². The van der Waals surface area contributed by atoms with Crippen LogP contribution in [0.5, 0.6) is 0 Å². The van der Waals surface area contributed by atoms with Crippen LogP contribution in [0.1, 0.15) is 18.5 Å². The number of alkyl halides is 3. The summed E-state index contributed by atoms with van der Waals surface area (Å²) < 4.78 is 35.5. The molecule has 0 aliphatic heterocycles. The van der Waals surface area contributed by atoms with Crippen LogP contribution in [0.25, 0.3) is 0 Å². The molecule has 18 heavy (non-hydrogen) atoms. The van der Waals surface area contributed by atoms with Crippen LogP contribution in [-0.2, 0) is 4.79 Å². The first-order valence-corrected chi connectivity index (χ1v) is 5.35. The molecule has 1 heterocycles. The van der Waals surface area contributed by atoms with E-state index in [1.165, 1.54) is 0 Å². The average Bonchev–Trinajstić information content (AvgIpc) is 2.33. The normalized spacial score (nSPS) is 13.1. The third-order valence-corrected chi connectivity index (χ3v) is 2.26. The summed E-state index contributed by atoms with van der Waals surface area (Å²) >= 11 is 0. The number of amides is 1. The summed E-state index contributed by atoms with van der Waals surface area (Å²) in [6, 6.07) is 3.40. The quantitative estimate of drug-likeness (QED) is 0.842. The lowest BCUT2D eigenvalue weighted by molar-refractivity contribution is -0.137. The van der Waals surface area contributed by atoms with Crippen LogP contribution >= 0.6 is 0 Å². The maximum absolute atomic E-state index is 11.8. The number of nitrogens with one attached hydrogen (secondary N) is 2. The van der Waals surface area contributed by atoms with Gasteiger partial charge in [0.2, 0.25) is 5.91 Å². The van der Waals surface area contributed by atoms with Gasteiger partial charge in [-0.25, -0.2) is 0 Å². The molecule has 0 fully saturated rings. The summed E-state index contributed by atoms with van der Waals surface area (Å²) in [5, 5.41) is 4.62. The molecule has 0 bridgehead atoms. The van der Waals surface area contributed by atoms with Crippen molar-refractivity contribution in [2.75, 3.05) is 13.1 Å². The smallest absolute Gasteiger partial charge is 0.346 e. The molecule has 1 aromatic rings. The van der Waals surface area contributed by atoms with Crippen molar-refractivity contribution in [3.8, 4) is 0 Å². The summed E-state index contributed by atoms with van der Waals surface area (Å²) in [6.45, 7) is 0.336. The molecule has 1 atom stereocenters. The topological polar surface area (TPSA) is 54.0 Å². The van der Waals surface area contributed by atoms with Crippen molar-refractivity contribution in [3.63, 3.8) is 0 Å². The molecule has 0 radical (unpaired) electrons. The van der Waals surface area contributed by atoms with Gasteiger partial charge < -0.3 is 10.6 Å². The van der Waals surface area contributed by atoms with Gasteiger partial charge in [0.05, 0.1) is 6.54 Å². The number of rotatable bonds is 5. The van der Waals surface area contributed by atoms with E-state index in [0.717, 1.165) is 5.56 Å². The zero-order chi connectivity index (χ0) is 13.6. The van der Waals surface area contributed by atoms with E-state index in [1.807, 2.05) is 6.92 Å². The van der Waals surface area contributed by atoms with Gasteiger partial charge in [0.1, 0.15) is 6.54 Å². The Bertz CT molecular complexity index is 381. The molecule has 0 saturated carbocycles. The largest absolute Gasteiger partial charge is 0.405 e. The summed E-state index contributed by atoms with van der Waals surface area (Å²) in [7, 11) is 0. The second-order valence-corrected chi connectivity index (χ2v) is 3.78. The van der Waals surface area contributed by atoms with Crippen LogP contribution in [0, 0.1) is 0 Å². The Labute approximate surface area is 103 Å². The predicted octanol–water partition coefficient (Wildman–Crippen LogP) is 1.41. The van der Waals surface area contributed by atoms with Crippen molar-refractivity contribution < 1.29 is 18.0 Å². The minimum atomic E-state index is -4.38. The monoisotopic (exact) mass is 261 g/mol. The van der Waals surface area contributed by atoms with Crippen molar-refractivity contribution in [1.29, 1.82) is 0 Å². The van der Waals surface area contributed by atoms with E-state index in [9.17, 15) is 18.0 Å². The molecule has 1 amide bonds. The van der Waals surface area contributed by atoms with Crippen LogP contribution in [0.2, 0.25) is 0 Å². The third-order valence-electron chi connectivity index (χ3n) is 2.26. The number of pyridine rings is 1. The lowest BCUT2D eigenvalue weighted by atomic mass is 10.1. The van der Waals surface area contributed by atoms with Crippen molar-refractivity contribution in [3.05, 3.63) is 30.1 Å². The number of hydrogen-bond acceptors (Lipinski definition) is 3. The van der Waals surface area contributed by atoms with E-state index in [2.05, 4.69) is 10.3 Å². The molecule has 1 aromatic heterocycles. The molecule has 0 aliphatic rings. The van der Waals surface area contributed by atoms with Crippen LogP contribution < -0.4 is 10.6 Å². The SMILES string of the molecule is C[C@H](NCC(=O)NCC(F)(F)F)c1ccncc1. The lowest BCUT2D eigenvalue weighted by Gasteiger charge is -2.14. The highest BCUT2D eigenvalue weighted by atomic mass is 19.4. The number of carbonyl (C=O) groups is 1. The molecule has 0 aromatic carbocycles. The second-order valence-electron chi connectivity index (χ2n) is 3.78. The highest BCUT2D eigenvalue weighted by molar-refractivity contribution is 5.78. The van der Waals surface area contributed by atoms with E-state index >= 15 is 0 Å². The first-order valence-electron chi connectivity index (χ1n) is 5.35. The van der Waals surface area contributed by atoms with Crippen LogP contribution in [0.3, 0.4) is 0 Å². The molecule has 1 rings (SSSR count). The van der Waals surface area contributed by atoms with Crippen molar-refractivity contribution in [2.45, 2.75) is 19.1 Å². The van der Waals surface area contributed by atoms with Gasteiger partial charge in [-0.3, -0.25) is 9.78 Å². The highest BCUT2D eigenvalue weighted by Gasteiger charge is 2.27. The van der Waals surface area contributed by atoms with Crippen LogP contribution in [0.15, 0.2) is 24.5 Å². The van der Waals surface area contributed by atoms with E-state index in [0.29, 0.717) is 0 Å². The first kappa shape index (κ1) is 14.4. The number of carbonyl (C=O) groups excluding carboxylic acids is 1. The number of hydrogen-bond donors (Lipinski definition) is 2. The Morgan fingerprint density at radius 3 is 2.56 bits per heavy atom. The summed E-state index contributed by atoms with van der Waals surface area (Å²) in [6.07, 6.45) is -1.17. The standard InChI is InChI=1S/C11H14F3N3O/c1-8(9-2-4-15-5-3-9)16-6-10(18)17-7-11(12,13)14/h2-5,8,16H,6-7H2,1H3,(H,17,18)/t8-/m0/s1. The number of nitrogens with zero attached hydrogens (tertiary/aromatic N) is 1. The van der Waals surface area contributed by atoms with Gasteiger partial charge in [-0.05, 0) is 24.6 Å². The maximum atomic E-state index is 11.8. The third kappa shape index (κ3) is 5.62. The molecule has 7 heteroatoms. The first-order chi connectivity index (χ1) is 8.38. The summed E-state index contributed by atoms with van der Waals surface area (Å²) in [5.74, 6) is -0.687. The molecule has 0 spiro atoms. The van der Waals surface area contributed by atoms with Crippen LogP contribution in [-0.4, -0.2) is 30.2 Å². The zero-order valence-electron chi connectivity index (χ0n) is 9.79. The second kappa shape index (κ2) is 6.34. The Morgan fingerprint density at radius 2 is 2.00 bits per heavy atom. The predicted molar refractivity (Wildman–Crippen MR) is 59.7 cm³/mol. The average molecular weight is 261 g/mol. The fourth-order valence-corrected chi connectivity index (χ4v) is 1.28. The van der Waals surface area contributed by atoms with Crippen molar-refractivity contribution in [1.82, 2.24) is 15.6 Å². The number of aromatic nitrogens is 1. The van der Waals surface area contributed by atoms with Gasteiger partial charge in [-0.2, -0.15) is 13.2 Å². The van der Waals surface area contributed by atoms with Gasteiger partial charge in [0.15, 0.2) is 0 Å². The van der Waals surface area contributed by atoms with Gasteiger partial charge >= 0.3 is 6.18 Å². The van der Waals surface area contributed by atoms with Crippen LogP contribution in [0.4, 0.5) is 13.2 Å². The van der Waals surface area contributed by atoms with Gasteiger partial charge in [0, 0.05) is 18.4 Å². The van der Waals surface area contributed by atoms with Crippen molar-refractivity contribution >= 4 is 5.91 Å². The minimum Gasteiger partial charge on any atom is -0.346 e. The molecule has 4 nitrogen and oxygen atoms in total. The fraction of sp³-hybridized carbons (Fsp3) is 0.455.